The molecule has 1 fully saturated rings. The number of aliphatic carboxylic acids is 1. The zero-order valence-corrected chi connectivity index (χ0v) is 21.4. The summed E-state index contributed by atoms with van der Waals surface area (Å²) in [5.41, 5.74) is 2.16. The van der Waals surface area contributed by atoms with E-state index in [2.05, 4.69) is 59.7 Å². The molecular weight excluding hydrogens is 460 g/mol. The standard InChI is InChI=1S/C18H15N5O4.C8H19N/c24-16(25)9-23-14-3-4-19-7-11(14)18(17(23)26)5-10(6-18)27-15-2-1-12-13(21-15)8-20-22-12;1-6-9(7(2)3)8(4)5/h1-4,7-8,10H,5-6,9H2,(H,20,22)(H,24,25);7-8H,6H2,1-5H3. The molecule has 192 valence electrons. The summed E-state index contributed by atoms with van der Waals surface area (Å²) in [7, 11) is 0. The van der Waals surface area contributed by atoms with E-state index in [-0.39, 0.29) is 18.6 Å². The van der Waals surface area contributed by atoms with Gasteiger partial charge in [0.25, 0.3) is 0 Å². The number of carbonyl (C=O) groups excluding carboxylic acids is 1. The van der Waals surface area contributed by atoms with Crippen LogP contribution in [0.25, 0.3) is 11.0 Å². The van der Waals surface area contributed by atoms with Gasteiger partial charge in [0, 0.05) is 48.9 Å². The second-order valence-electron chi connectivity index (χ2n) is 9.88. The molecule has 10 nitrogen and oxygen atoms in total. The molecule has 0 radical (unpaired) electrons. The average Bonchev–Trinajstić information content (AvgIpc) is 3.36. The number of fused-ring (bicyclic) bond motifs is 3. The van der Waals surface area contributed by atoms with Gasteiger partial charge in [0.2, 0.25) is 11.8 Å². The van der Waals surface area contributed by atoms with Crippen molar-refractivity contribution in [2.24, 2.45) is 0 Å². The lowest BCUT2D eigenvalue weighted by Crippen LogP contribution is -2.54. The van der Waals surface area contributed by atoms with Gasteiger partial charge in [-0.2, -0.15) is 5.10 Å². The van der Waals surface area contributed by atoms with Crippen LogP contribution in [0.2, 0.25) is 0 Å². The molecular formula is C26H34N6O4. The van der Waals surface area contributed by atoms with E-state index in [0.29, 0.717) is 42.0 Å². The lowest BCUT2D eigenvalue weighted by molar-refractivity contribution is -0.138. The Morgan fingerprint density at radius 3 is 2.56 bits per heavy atom. The van der Waals surface area contributed by atoms with Gasteiger partial charge < -0.3 is 14.7 Å². The number of anilines is 1. The number of amides is 1. The molecule has 0 bridgehead atoms. The Balaban J connectivity index is 0.000000292. The Morgan fingerprint density at radius 1 is 1.22 bits per heavy atom. The lowest BCUT2D eigenvalue weighted by atomic mass is 9.63. The Bertz CT molecular complexity index is 1230. The van der Waals surface area contributed by atoms with Crippen molar-refractivity contribution in [2.75, 3.05) is 18.0 Å². The number of ether oxygens (including phenoxy) is 1. The third kappa shape index (κ3) is 4.77. The molecule has 1 aliphatic heterocycles. The van der Waals surface area contributed by atoms with Crippen molar-refractivity contribution in [3.8, 4) is 5.88 Å². The minimum absolute atomic E-state index is 0.177. The molecule has 5 rings (SSSR count). The van der Waals surface area contributed by atoms with Gasteiger partial charge in [0.1, 0.15) is 18.2 Å². The second-order valence-corrected chi connectivity index (χ2v) is 9.88. The third-order valence-electron chi connectivity index (χ3n) is 6.95. The number of aromatic amines is 1. The Hall–Kier alpha value is -3.53. The van der Waals surface area contributed by atoms with Gasteiger partial charge in [0.15, 0.2) is 0 Å². The van der Waals surface area contributed by atoms with Crippen LogP contribution >= 0.6 is 0 Å². The van der Waals surface area contributed by atoms with Crippen LogP contribution in [0.5, 0.6) is 5.88 Å². The molecule has 1 amide bonds. The number of H-pyrrole nitrogens is 1. The molecule has 10 heteroatoms. The van der Waals surface area contributed by atoms with E-state index in [1.807, 2.05) is 6.07 Å². The summed E-state index contributed by atoms with van der Waals surface area (Å²) in [5, 5.41) is 15.9. The number of pyridine rings is 2. The van der Waals surface area contributed by atoms with Crippen LogP contribution in [0.3, 0.4) is 0 Å². The summed E-state index contributed by atoms with van der Waals surface area (Å²) in [6, 6.07) is 6.67. The van der Waals surface area contributed by atoms with E-state index >= 15 is 0 Å². The van der Waals surface area contributed by atoms with Gasteiger partial charge in [0.05, 0.1) is 22.8 Å². The Morgan fingerprint density at radius 2 is 1.94 bits per heavy atom. The van der Waals surface area contributed by atoms with Crippen molar-refractivity contribution in [1.29, 1.82) is 0 Å². The van der Waals surface area contributed by atoms with E-state index in [1.165, 1.54) is 4.90 Å². The van der Waals surface area contributed by atoms with Crippen LogP contribution in [0, 0.1) is 0 Å². The van der Waals surface area contributed by atoms with E-state index in [1.54, 1.807) is 30.7 Å². The number of nitrogens with zero attached hydrogens (tertiary/aromatic N) is 5. The lowest BCUT2D eigenvalue weighted by Gasteiger charge is -2.43. The number of nitrogens with one attached hydrogen (secondary N) is 1. The number of carboxylic acid groups (broad SMARTS) is 1. The number of carboxylic acids is 1. The van der Waals surface area contributed by atoms with Gasteiger partial charge in [-0.05, 0) is 46.4 Å². The van der Waals surface area contributed by atoms with Crippen molar-refractivity contribution in [2.45, 2.75) is 71.1 Å². The summed E-state index contributed by atoms with van der Waals surface area (Å²) in [4.78, 5) is 36.5. The third-order valence-corrected chi connectivity index (χ3v) is 6.95. The van der Waals surface area contributed by atoms with Crippen molar-refractivity contribution in [3.63, 3.8) is 0 Å². The molecule has 1 spiro atoms. The maximum absolute atomic E-state index is 13.0. The van der Waals surface area contributed by atoms with Crippen LogP contribution in [-0.2, 0) is 15.0 Å². The van der Waals surface area contributed by atoms with Crippen molar-refractivity contribution in [1.82, 2.24) is 25.1 Å². The predicted molar refractivity (Wildman–Crippen MR) is 136 cm³/mol. The molecule has 36 heavy (non-hydrogen) atoms. The molecule has 0 unspecified atom stereocenters. The number of aromatic nitrogens is 4. The number of hydrogen-bond acceptors (Lipinski definition) is 7. The van der Waals surface area contributed by atoms with Gasteiger partial charge in [-0.1, -0.05) is 6.92 Å². The molecule has 0 atom stereocenters. The summed E-state index contributed by atoms with van der Waals surface area (Å²) in [5.74, 6) is -0.776. The molecule has 0 saturated heterocycles. The SMILES string of the molecule is CCN(C(C)C)C(C)C.O=C(O)CN1C(=O)C2(CC(Oc3ccc4[nH]ncc4n3)C2)c2cnccc21. The van der Waals surface area contributed by atoms with Crippen molar-refractivity contribution < 1.29 is 19.4 Å². The van der Waals surface area contributed by atoms with Crippen LogP contribution in [-0.4, -0.2) is 73.3 Å². The molecule has 4 heterocycles. The highest BCUT2D eigenvalue weighted by Gasteiger charge is 2.59. The summed E-state index contributed by atoms with van der Waals surface area (Å²) in [6.07, 6.45) is 5.59. The van der Waals surface area contributed by atoms with Crippen LogP contribution in [0.15, 0.2) is 36.8 Å². The predicted octanol–water partition coefficient (Wildman–Crippen LogP) is 3.39. The van der Waals surface area contributed by atoms with Gasteiger partial charge >= 0.3 is 5.97 Å². The molecule has 1 saturated carbocycles. The smallest absolute Gasteiger partial charge is 0.323 e. The van der Waals surface area contributed by atoms with E-state index in [0.717, 1.165) is 17.6 Å². The fraction of sp³-hybridized carbons (Fsp3) is 0.500. The largest absolute Gasteiger partial charge is 0.480 e. The Kier molecular flexibility index (Phi) is 7.26. The van der Waals surface area contributed by atoms with Gasteiger partial charge in [-0.15, -0.1) is 0 Å². The zero-order chi connectivity index (χ0) is 26.0. The normalized spacial score (nSPS) is 20.6. The van der Waals surface area contributed by atoms with Crippen molar-refractivity contribution in [3.05, 3.63) is 42.4 Å². The summed E-state index contributed by atoms with van der Waals surface area (Å²) in [6.45, 7) is 12.0. The maximum Gasteiger partial charge on any atom is 0.323 e. The van der Waals surface area contributed by atoms with E-state index in [9.17, 15) is 9.59 Å². The first-order chi connectivity index (χ1) is 17.2. The zero-order valence-electron chi connectivity index (χ0n) is 21.4. The van der Waals surface area contributed by atoms with E-state index in [4.69, 9.17) is 9.84 Å². The molecule has 0 aromatic carbocycles. The minimum Gasteiger partial charge on any atom is -0.480 e. The summed E-state index contributed by atoms with van der Waals surface area (Å²) >= 11 is 0. The van der Waals surface area contributed by atoms with Crippen LogP contribution < -0.4 is 9.64 Å². The molecule has 3 aromatic heterocycles. The van der Waals surface area contributed by atoms with Crippen LogP contribution in [0.4, 0.5) is 5.69 Å². The number of hydrogen-bond donors (Lipinski definition) is 2. The highest BCUT2D eigenvalue weighted by Crippen LogP contribution is 2.53. The fourth-order valence-corrected chi connectivity index (χ4v) is 5.34. The quantitative estimate of drug-likeness (QED) is 0.512. The first kappa shape index (κ1) is 25.6. The average molecular weight is 495 g/mol. The number of carbonyl (C=O) groups is 2. The van der Waals surface area contributed by atoms with E-state index < -0.39 is 11.4 Å². The van der Waals surface area contributed by atoms with Crippen LogP contribution in [0.1, 0.15) is 53.0 Å². The highest BCUT2D eigenvalue weighted by atomic mass is 16.5. The van der Waals surface area contributed by atoms with Crippen molar-refractivity contribution >= 4 is 28.6 Å². The van der Waals surface area contributed by atoms with Gasteiger partial charge in [-0.3, -0.25) is 24.6 Å². The molecule has 2 aliphatic rings. The monoisotopic (exact) mass is 494 g/mol. The second kappa shape index (κ2) is 10.2. The topological polar surface area (TPSA) is 125 Å². The summed E-state index contributed by atoms with van der Waals surface area (Å²) < 4.78 is 5.93. The Labute approximate surface area is 210 Å². The first-order valence-corrected chi connectivity index (χ1v) is 12.4. The fourth-order valence-electron chi connectivity index (χ4n) is 5.34. The first-order valence-electron chi connectivity index (χ1n) is 12.4. The molecule has 2 N–H and O–H groups in total. The molecule has 3 aromatic rings. The molecule has 1 aliphatic carbocycles. The minimum atomic E-state index is -1.05. The number of rotatable bonds is 7. The van der Waals surface area contributed by atoms with Gasteiger partial charge in [-0.25, -0.2) is 4.98 Å². The maximum atomic E-state index is 13.0. The highest BCUT2D eigenvalue weighted by molar-refractivity contribution is 6.10.